The van der Waals surface area contributed by atoms with Gasteiger partial charge < -0.3 is 19.3 Å². The summed E-state index contributed by atoms with van der Waals surface area (Å²) in [6.45, 7) is 0. The summed E-state index contributed by atoms with van der Waals surface area (Å²) in [5.74, 6) is -1.67. The summed E-state index contributed by atoms with van der Waals surface area (Å²) in [6.07, 6.45) is 0.766. The molecule has 0 radical (unpaired) electrons. The summed E-state index contributed by atoms with van der Waals surface area (Å²) >= 11 is 3.25. The van der Waals surface area contributed by atoms with E-state index in [4.69, 9.17) is 9.47 Å². The molecule has 20 heavy (non-hydrogen) atoms. The number of hydrogen-bond donors (Lipinski definition) is 1. The van der Waals surface area contributed by atoms with Crippen molar-refractivity contribution in [2.75, 3.05) is 21.3 Å². The van der Waals surface area contributed by atoms with Gasteiger partial charge in [-0.25, -0.2) is 4.79 Å². The second kappa shape index (κ2) is 6.95. The van der Waals surface area contributed by atoms with Gasteiger partial charge >= 0.3 is 5.97 Å². The van der Waals surface area contributed by atoms with Crippen molar-refractivity contribution in [2.45, 2.75) is 0 Å². The first kappa shape index (κ1) is 16.0. The van der Waals surface area contributed by atoms with Gasteiger partial charge in [-0.2, -0.15) is 0 Å². The lowest BCUT2D eigenvalue weighted by Gasteiger charge is -2.11. The molecule has 0 aliphatic heterocycles. The second-order valence-electron chi connectivity index (χ2n) is 3.57. The van der Waals surface area contributed by atoms with E-state index in [0.29, 0.717) is 10.2 Å². The van der Waals surface area contributed by atoms with Crippen LogP contribution in [-0.4, -0.2) is 38.2 Å². The largest absolute Gasteiger partial charge is 0.507 e. The first-order valence-electron chi connectivity index (χ1n) is 5.39. The Kier molecular flexibility index (Phi) is 5.57. The van der Waals surface area contributed by atoms with E-state index in [9.17, 15) is 14.7 Å². The highest BCUT2D eigenvalue weighted by Crippen LogP contribution is 2.35. The molecular formula is C13H13BrO6. The fraction of sp³-hybridized carbons (Fsp3) is 0.231. The highest BCUT2D eigenvalue weighted by Gasteiger charge is 2.17. The summed E-state index contributed by atoms with van der Waals surface area (Å²) < 4.78 is 15.0. The zero-order valence-electron chi connectivity index (χ0n) is 11.1. The van der Waals surface area contributed by atoms with Gasteiger partial charge in [0.2, 0.25) is 0 Å². The van der Waals surface area contributed by atoms with Crippen molar-refractivity contribution in [3.8, 4) is 11.5 Å². The van der Waals surface area contributed by atoms with Gasteiger partial charge in [0.05, 0.1) is 31.4 Å². The van der Waals surface area contributed by atoms with Crippen molar-refractivity contribution in [3.63, 3.8) is 0 Å². The summed E-state index contributed by atoms with van der Waals surface area (Å²) in [5, 5.41) is 9.93. The average molecular weight is 345 g/mol. The molecule has 0 heterocycles. The molecule has 0 bridgehead atoms. The normalized spacial score (nSPS) is 10.9. The number of aliphatic hydroxyl groups excluding tert-OH is 1. The molecule has 1 aromatic rings. The summed E-state index contributed by atoms with van der Waals surface area (Å²) in [7, 11) is 3.97. The van der Waals surface area contributed by atoms with Gasteiger partial charge in [-0.1, -0.05) is 0 Å². The predicted octanol–water partition coefficient (Wildman–Crippen LogP) is 2.11. The van der Waals surface area contributed by atoms with Crippen LogP contribution in [0.15, 0.2) is 22.7 Å². The third-order valence-electron chi connectivity index (χ3n) is 2.40. The molecule has 1 aromatic carbocycles. The minimum absolute atomic E-state index is 0.234. The zero-order valence-corrected chi connectivity index (χ0v) is 12.7. The first-order valence-corrected chi connectivity index (χ1v) is 6.18. The van der Waals surface area contributed by atoms with E-state index in [0.717, 1.165) is 13.2 Å². The number of ether oxygens (including phenoxy) is 3. The molecule has 1 N–H and O–H groups in total. The van der Waals surface area contributed by atoms with Crippen LogP contribution in [0.3, 0.4) is 0 Å². The number of esters is 1. The fourth-order valence-electron chi connectivity index (χ4n) is 1.42. The molecule has 0 aliphatic rings. The maximum atomic E-state index is 11.4. The number of ketones is 1. The Morgan fingerprint density at radius 2 is 1.75 bits per heavy atom. The van der Waals surface area contributed by atoms with Crippen molar-refractivity contribution < 1.29 is 28.9 Å². The summed E-state index contributed by atoms with van der Waals surface area (Å²) in [6, 6.07) is 3.04. The van der Waals surface area contributed by atoms with Crippen molar-refractivity contribution in [1.29, 1.82) is 0 Å². The molecule has 0 amide bonds. The first-order chi connectivity index (χ1) is 9.44. The third-order valence-corrected chi connectivity index (χ3v) is 3.02. The van der Waals surface area contributed by atoms with Crippen LogP contribution >= 0.6 is 15.9 Å². The van der Waals surface area contributed by atoms with E-state index in [-0.39, 0.29) is 11.3 Å². The van der Waals surface area contributed by atoms with E-state index >= 15 is 0 Å². The van der Waals surface area contributed by atoms with Crippen LogP contribution in [0.5, 0.6) is 11.5 Å². The number of carbonyl (C=O) groups is 2. The van der Waals surface area contributed by atoms with Gasteiger partial charge in [0.25, 0.3) is 5.78 Å². The molecule has 108 valence electrons. The monoisotopic (exact) mass is 344 g/mol. The topological polar surface area (TPSA) is 82.1 Å². The Balaban J connectivity index is 3.25. The molecular weight excluding hydrogens is 332 g/mol. The highest BCUT2D eigenvalue weighted by molar-refractivity contribution is 9.10. The van der Waals surface area contributed by atoms with Crippen LogP contribution in [-0.2, 0) is 14.3 Å². The Morgan fingerprint density at radius 3 is 2.25 bits per heavy atom. The van der Waals surface area contributed by atoms with Gasteiger partial charge in [0, 0.05) is 12.1 Å². The van der Waals surface area contributed by atoms with Crippen LogP contribution in [0.25, 0.3) is 5.76 Å². The van der Waals surface area contributed by atoms with Crippen molar-refractivity contribution in [3.05, 3.63) is 28.2 Å². The van der Waals surface area contributed by atoms with Gasteiger partial charge in [-0.05, 0) is 22.0 Å². The standard InChI is InChI=1S/C13H13BrO6/c1-18-11-6-12(19-2)8(14)4-7(11)9(15)5-10(16)13(17)20-3/h4-6,15H,1-3H3/b9-5-. The Bertz CT molecular complexity index is 564. The Morgan fingerprint density at radius 1 is 1.15 bits per heavy atom. The number of carbonyl (C=O) groups excluding carboxylic acids is 2. The fourth-order valence-corrected chi connectivity index (χ4v) is 1.93. The van der Waals surface area contributed by atoms with Crippen molar-refractivity contribution in [1.82, 2.24) is 0 Å². The number of benzene rings is 1. The van der Waals surface area contributed by atoms with Gasteiger partial charge in [-0.15, -0.1) is 0 Å². The third kappa shape index (κ3) is 3.51. The SMILES string of the molecule is COC(=O)C(=O)/C=C(\O)c1cc(Br)c(OC)cc1OC. The van der Waals surface area contributed by atoms with E-state index in [1.165, 1.54) is 26.4 Å². The second-order valence-corrected chi connectivity index (χ2v) is 4.43. The lowest BCUT2D eigenvalue weighted by molar-refractivity contribution is -0.149. The van der Waals surface area contributed by atoms with Crippen LogP contribution in [0.2, 0.25) is 0 Å². The molecule has 7 heteroatoms. The van der Waals surface area contributed by atoms with Gasteiger partial charge in [0.1, 0.15) is 17.3 Å². The average Bonchev–Trinajstić information content (AvgIpc) is 2.45. The minimum Gasteiger partial charge on any atom is -0.507 e. The summed E-state index contributed by atoms with van der Waals surface area (Å²) in [5.41, 5.74) is 0.234. The van der Waals surface area contributed by atoms with E-state index < -0.39 is 17.5 Å². The zero-order chi connectivity index (χ0) is 15.3. The highest BCUT2D eigenvalue weighted by atomic mass is 79.9. The van der Waals surface area contributed by atoms with E-state index in [1.54, 1.807) is 0 Å². The maximum Gasteiger partial charge on any atom is 0.378 e. The number of methoxy groups -OCH3 is 3. The maximum absolute atomic E-state index is 11.4. The van der Waals surface area contributed by atoms with E-state index in [2.05, 4.69) is 20.7 Å². The molecule has 0 atom stereocenters. The molecule has 1 rings (SSSR count). The molecule has 0 fully saturated rings. The van der Waals surface area contributed by atoms with Crippen LogP contribution in [0.4, 0.5) is 0 Å². The van der Waals surface area contributed by atoms with Crippen molar-refractivity contribution in [2.24, 2.45) is 0 Å². The molecule has 0 spiro atoms. The molecule has 0 aromatic heterocycles. The van der Waals surface area contributed by atoms with Crippen LogP contribution < -0.4 is 9.47 Å². The lowest BCUT2D eigenvalue weighted by Crippen LogP contribution is -2.13. The molecule has 0 saturated carbocycles. The smallest absolute Gasteiger partial charge is 0.378 e. The van der Waals surface area contributed by atoms with Crippen molar-refractivity contribution >= 4 is 33.4 Å². The molecule has 0 saturated heterocycles. The molecule has 0 aliphatic carbocycles. The number of hydrogen-bond acceptors (Lipinski definition) is 6. The quantitative estimate of drug-likeness (QED) is 0.381. The Hall–Kier alpha value is -2.02. The van der Waals surface area contributed by atoms with Gasteiger partial charge in [-0.3, -0.25) is 4.79 Å². The summed E-state index contributed by atoms with van der Waals surface area (Å²) in [4.78, 5) is 22.4. The van der Waals surface area contributed by atoms with Gasteiger partial charge in [0.15, 0.2) is 0 Å². The number of aliphatic hydroxyl groups is 1. The van der Waals surface area contributed by atoms with Crippen LogP contribution in [0.1, 0.15) is 5.56 Å². The lowest BCUT2D eigenvalue weighted by atomic mass is 10.1. The Labute approximate surface area is 124 Å². The van der Waals surface area contributed by atoms with Crippen LogP contribution in [0, 0.1) is 0 Å². The minimum atomic E-state index is -1.07. The number of halogens is 1. The molecule has 6 nitrogen and oxygen atoms in total. The van der Waals surface area contributed by atoms with E-state index in [1.807, 2.05) is 0 Å². The number of rotatable bonds is 5. The predicted molar refractivity (Wildman–Crippen MR) is 74.9 cm³/mol. The molecule has 0 unspecified atom stereocenters.